The average Bonchev–Trinajstić information content (AvgIpc) is 2.53. The lowest BCUT2D eigenvalue weighted by Crippen LogP contribution is -2.53. The van der Waals surface area contributed by atoms with E-state index in [1.165, 1.54) is 6.42 Å². The van der Waals surface area contributed by atoms with Crippen molar-refractivity contribution < 1.29 is 14.3 Å². The van der Waals surface area contributed by atoms with Gasteiger partial charge in [0.25, 0.3) is 0 Å². The number of Topliss-reactive ketones (excluding diaryl/α,β-unsaturated/α-hetero) is 1. The Kier molecular flexibility index (Phi) is 1.56. The van der Waals surface area contributed by atoms with E-state index < -0.39 is 5.79 Å². The van der Waals surface area contributed by atoms with Crippen molar-refractivity contribution in [2.45, 2.75) is 31.5 Å². The van der Waals surface area contributed by atoms with Crippen molar-refractivity contribution in [3.05, 3.63) is 0 Å². The number of fused-ring (bicyclic) bond motifs is 2. The molecule has 0 radical (unpaired) electrons. The fourth-order valence-corrected chi connectivity index (χ4v) is 3.07. The number of carbonyl (C=O) groups is 1. The molecule has 1 aliphatic heterocycles. The second-order valence-electron chi connectivity index (χ2n) is 4.38. The molecule has 3 heteroatoms. The molecule has 1 spiro atoms. The van der Waals surface area contributed by atoms with Crippen LogP contribution in [0.25, 0.3) is 0 Å². The van der Waals surface area contributed by atoms with E-state index in [-0.39, 0.29) is 5.92 Å². The molecule has 0 aromatic heterocycles. The molecule has 1 heterocycles. The molecule has 4 rings (SSSR count). The molecule has 13 heavy (non-hydrogen) atoms. The second kappa shape index (κ2) is 2.55. The van der Waals surface area contributed by atoms with Gasteiger partial charge in [0.2, 0.25) is 0 Å². The maximum Gasteiger partial charge on any atom is 0.178 e. The summed E-state index contributed by atoms with van der Waals surface area (Å²) < 4.78 is 11.3. The molecular weight excluding hydrogens is 168 g/mol. The van der Waals surface area contributed by atoms with Crippen molar-refractivity contribution >= 4 is 5.78 Å². The van der Waals surface area contributed by atoms with E-state index in [1.807, 2.05) is 0 Å². The van der Waals surface area contributed by atoms with Crippen LogP contribution in [0, 0.1) is 11.8 Å². The van der Waals surface area contributed by atoms with Gasteiger partial charge in [-0.05, 0) is 18.8 Å². The number of hydrogen-bond acceptors (Lipinski definition) is 3. The number of ether oxygens (including phenoxy) is 2. The molecule has 1 saturated heterocycles. The third kappa shape index (κ3) is 1.00. The minimum atomic E-state index is -0.488. The molecule has 2 atom stereocenters. The first-order valence-corrected chi connectivity index (χ1v) is 5.11. The van der Waals surface area contributed by atoms with Crippen molar-refractivity contribution in [3.8, 4) is 0 Å². The number of hydrogen-bond donors (Lipinski definition) is 0. The summed E-state index contributed by atoms with van der Waals surface area (Å²) >= 11 is 0. The molecule has 4 fully saturated rings. The molecule has 0 aromatic carbocycles. The van der Waals surface area contributed by atoms with Crippen LogP contribution in [0.5, 0.6) is 0 Å². The highest BCUT2D eigenvalue weighted by molar-refractivity contribution is 5.84. The fourth-order valence-electron chi connectivity index (χ4n) is 3.07. The summed E-state index contributed by atoms with van der Waals surface area (Å²) in [6.45, 7) is 1.33. The Morgan fingerprint density at radius 2 is 2.00 bits per heavy atom. The zero-order chi connectivity index (χ0) is 8.89. The molecule has 2 bridgehead atoms. The lowest BCUT2D eigenvalue weighted by Gasteiger charge is -2.46. The number of carbonyl (C=O) groups excluding carboxylic acids is 1. The lowest BCUT2D eigenvalue weighted by molar-refractivity contribution is -0.231. The van der Waals surface area contributed by atoms with Crippen LogP contribution >= 0.6 is 0 Å². The summed E-state index contributed by atoms with van der Waals surface area (Å²) in [6, 6.07) is 0. The van der Waals surface area contributed by atoms with Gasteiger partial charge >= 0.3 is 0 Å². The van der Waals surface area contributed by atoms with E-state index >= 15 is 0 Å². The predicted molar refractivity (Wildman–Crippen MR) is 45.1 cm³/mol. The first kappa shape index (κ1) is 7.94. The monoisotopic (exact) mass is 182 g/mol. The maximum atomic E-state index is 11.7. The van der Waals surface area contributed by atoms with Crippen LogP contribution in [0.4, 0.5) is 0 Å². The molecule has 3 nitrogen and oxygen atoms in total. The molecule has 0 N–H and O–H groups in total. The van der Waals surface area contributed by atoms with Gasteiger partial charge in [-0.3, -0.25) is 4.79 Å². The van der Waals surface area contributed by atoms with Gasteiger partial charge in [-0.15, -0.1) is 0 Å². The van der Waals surface area contributed by atoms with Crippen LogP contribution in [0.15, 0.2) is 0 Å². The second-order valence-corrected chi connectivity index (χ2v) is 4.38. The van der Waals surface area contributed by atoms with Crippen molar-refractivity contribution in [1.29, 1.82) is 0 Å². The zero-order valence-corrected chi connectivity index (χ0v) is 7.62. The van der Waals surface area contributed by atoms with Crippen LogP contribution in [-0.4, -0.2) is 24.8 Å². The van der Waals surface area contributed by atoms with Gasteiger partial charge in [0, 0.05) is 12.8 Å². The summed E-state index contributed by atoms with van der Waals surface area (Å²) in [5.74, 6) is 0.443. The largest absolute Gasteiger partial charge is 0.347 e. The van der Waals surface area contributed by atoms with Crippen LogP contribution in [-0.2, 0) is 14.3 Å². The average molecular weight is 182 g/mol. The third-order valence-corrected chi connectivity index (χ3v) is 3.62. The van der Waals surface area contributed by atoms with Gasteiger partial charge in [0.15, 0.2) is 5.79 Å². The molecule has 3 saturated carbocycles. The maximum absolute atomic E-state index is 11.7. The Bertz CT molecular complexity index is 243. The SMILES string of the molecule is O=C1C[C@@H]2CC[C@H]1C1(C2)OCCO1. The van der Waals surface area contributed by atoms with Crippen LogP contribution in [0.2, 0.25) is 0 Å². The summed E-state index contributed by atoms with van der Waals surface area (Å²) in [4.78, 5) is 11.7. The molecule has 0 unspecified atom stereocenters. The first-order valence-electron chi connectivity index (χ1n) is 5.11. The minimum Gasteiger partial charge on any atom is -0.347 e. The van der Waals surface area contributed by atoms with Crippen LogP contribution < -0.4 is 0 Å². The molecule has 0 aromatic rings. The number of rotatable bonds is 0. The Balaban J connectivity index is 1.93. The summed E-state index contributed by atoms with van der Waals surface area (Å²) in [5, 5.41) is 0. The van der Waals surface area contributed by atoms with Crippen molar-refractivity contribution in [2.75, 3.05) is 13.2 Å². The summed E-state index contributed by atoms with van der Waals surface area (Å²) in [6.07, 6.45) is 3.87. The standard InChI is InChI=1S/C10H14O3/c11-9-5-7-1-2-8(9)10(6-7)12-3-4-13-10/h7-8H,1-6H2/t7-,8+/m0/s1. The first-order chi connectivity index (χ1) is 6.30. The van der Waals surface area contributed by atoms with Gasteiger partial charge in [-0.2, -0.15) is 0 Å². The van der Waals surface area contributed by atoms with Gasteiger partial charge in [-0.1, -0.05) is 0 Å². The van der Waals surface area contributed by atoms with E-state index in [4.69, 9.17) is 9.47 Å². The molecule has 72 valence electrons. The van der Waals surface area contributed by atoms with Gasteiger partial charge in [0.1, 0.15) is 5.78 Å². The zero-order valence-electron chi connectivity index (χ0n) is 7.62. The Morgan fingerprint density at radius 3 is 2.62 bits per heavy atom. The van der Waals surface area contributed by atoms with Crippen LogP contribution in [0.3, 0.4) is 0 Å². The molecule has 4 aliphatic rings. The van der Waals surface area contributed by atoms with Crippen LogP contribution in [0.1, 0.15) is 25.7 Å². The summed E-state index contributed by atoms with van der Waals surface area (Å²) in [5.41, 5.74) is 0. The van der Waals surface area contributed by atoms with Crippen molar-refractivity contribution in [1.82, 2.24) is 0 Å². The van der Waals surface area contributed by atoms with E-state index in [1.54, 1.807) is 0 Å². The molecule has 3 aliphatic carbocycles. The smallest absolute Gasteiger partial charge is 0.178 e. The molecular formula is C10H14O3. The van der Waals surface area contributed by atoms with Crippen molar-refractivity contribution in [2.24, 2.45) is 11.8 Å². The normalized spacial score (nSPS) is 41.7. The lowest BCUT2D eigenvalue weighted by atomic mass is 9.66. The molecule has 0 amide bonds. The van der Waals surface area contributed by atoms with E-state index in [0.29, 0.717) is 24.9 Å². The van der Waals surface area contributed by atoms with Crippen molar-refractivity contribution in [3.63, 3.8) is 0 Å². The number of ketones is 1. The van der Waals surface area contributed by atoms with E-state index in [0.717, 1.165) is 19.3 Å². The predicted octanol–water partition coefficient (Wildman–Crippen LogP) is 1.12. The van der Waals surface area contributed by atoms with E-state index in [9.17, 15) is 4.79 Å². The highest BCUT2D eigenvalue weighted by Crippen LogP contribution is 2.49. The quantitative estimate of drug-likeness (QED) is 0.563. The Morgan fingerprint density at radius 1 is 1.23 bits per heavy atom. The highest BCUT2D eigenvalue weighted by Gasteiger charge is 2.55. The summed E-state index contributed by atoms with van der Waals surface area (Å²) in [7, 11) is 0. The third-order valence-electron chi connectivity index (χ3n) is 3.62. The minimum absolute atomic E-state index is 0.0417. The highest BCUT2D eigenvalue weighted by atomic mass is 16.7. The van der Waals surface area contributed by atoms with Gasteiger partial charge < -0.3 is 9.47 Å². The van der Waals surface area contributed by atoms with Gasteiger partial charge in [-0.25, -0.2) is 0 Å². The van der Waals surface area contributed by atoms with Gasteiger partial charge in [0.05, 0.1) is 19.1 Å². The topological polar surface area (TPSA) is 35.5 Å². The Hall–Kier alpha value is -0.410. The Labute approximate surface area is 77.4 Å². The van der Waals surface area contributed by atoms with E-state index in [2.05, 4.69) is 0 Å². The fraction of sp³-hybridized carbons (Fsp3) is 0.900.